The van der Waals surface area contributed by atoms with Gasteiger partial charge in [-0.1, -0.05) is 0 Å². The molecular weight excluding hydrogens is 266 g/mol. The van der Waals surface area contributed by atoms with Crippen LogP contribution >= 0.6 is 0 Å². The zero-order chi connectivity index (χ0) is 14.0. The molecule has 0 aliphatic heterocycles. The number of anilines is 1. The second kappa shape index (κ2) is 4.96. The van der Waals surface area contributed by atoms with Gasteiger partial charge in [-0.25, -0.2) is 13.1 Å². The topological polar surface area (TPSA) is 104 Å². The third kappa shape index (κ3) is 3.28. The van der Waals surface area contributed by atoms with Crippen LogP contribution in [0, 0.1) is 6.92 Å². The average Bonchev–Trinajstić information content (AvgIpc) is 2.73. The maximum absolute atomic E-state index is 11.2. The minimum absolute atomic E-state index is 0.000932. The minimum atomic E-state index is -3.05. The molecule has 0 aliphatic rings. The summed E-state index contributed by atoms with van der Waals surface area (Å²) in [6, 6.07) is 5.41. The van der Waals surface area contributed by atoms with Crippen LogP contribution in [0.3, 0.4) is 0 Å². The highest BCUT2D eigenvalue weighted by molar-refractivity contribution is 7.90. The van der Waals surface area contributed by atoms with Gasteiger partial charge in [0.15, 0.2) is 5.82 Å². The predicted octanol–water partition coefficient (Wildman–Crippen LogP) is 0.275. The van der Waals surface area contributed by atoms with E-state index in [-0.39, 0.29) is 12.3 Å². The molecule has 0 aliphatic carbocycles. The standard InChI is InChI=1S/C11H15N5O2S/c1-8-7-9(12)3-4-10(8)11-13-14-15-16(11)5-6-19(2,17)18/h3-4,7H,5-6,12H2,1-2H3. The molecule has 102 valence electrons. The molecule has 0 saturated carbocycles. The van der Waals surface area contributed by atoms with E-state index in [0.29, 0.717) is 11.5 Å². The first-order valence-electron chi connectivity index (χ1n) is 5.67. The van der Waals surface area contributed by atoms with Crippen molar-refractivity contribution in [2.45, 2.75) is 13.5 Å². The molecule has 7 nitrogen and oxygen atoms in total. The van der Waals surface area contributed by atoms with Gasteiger partial charge in [0.05, 0.1) is 12.3 Å². The fourth-order valence-corrected chi connectivity index (χ4v) is 2.24. The predicted molar refractivity (Wildman–Crippen MR) is 72.1 cm³/mol. The summed E-state index contributed by atoms with van der Waals surface area (Å²) in [4.78, 5) is 0. The van der Waals surface area contributed by atoms with E-state index in [1.807, 2.05) is 19.1 Å². The number of nitrogens with zero attached hydrogens (tertiary/aromatic N) is 4. The van der Waals surface area contributed by atoms with Gasteiger partial charge in [-0.15, -0.1) is 5.10 Å². The zero-order valence-electron chi connectivity index (χ0n) is 10.7. The van der Waals surface area contributed by atoms with Gasteiger partial charge in [0, 0.05) is 17.5 Å². The highest BCUT2D eigenvalue weighted by Crippen LogP contribution is 2.22. The van der Waals surface area contributed by atoms with Crippen molar-refractivity contribution in [1.82, 2.24) is 20.2 Å². The third-order valence-corrected chi connectivity index (χ3v) is 3.62. The Morgan fingerprint density at radius 2 is 2.11 bits per heavy atom. The maximum Gasteiger partial charge on any atom is 0.182 e. The number of aryl methyl sites for hydroxylation is 2. The van der Waals surface area contributed by atoms with Gasteiger partial charge in [0.25, 0.3) is 0 Å². The van der Waals surface area contributed by atoms with Crippen LogP contribution in [0.15, 0.2) is 18.2 Å². The van der Waals surface area contributed by atoms with Crippen molar-refractivity contribution in [1.29, 1.82) is 0 Å². The highest BCUT2D eigenvalue weighted by atomic mass is 32.2. The van der Waals surface area contributed by atoms with E-state index in [0.717, 1.165) is 11.1 Å². The van der Waals surface area contributed by atoms with Crippen LogP contribution in [0.2, 0.25) is 0 Å². The molecule has 19 heavy (non-hydrogen) atoms. The summed E-state index contributed by atoms with van der Waals surface area (Å²) >= 11 is 0. The maximum atomic E-state index is 11.2. The van der Waals surface area contributed by atoms with Crippen LogP contribution in [-0.2, 0) is 16.4 Å². The van der Waals surface area contributed by atoms with E-state index in [1.165, 1.54) is 10.9 Å². The molecule has 0 spiro atoms. The molecule has 8 heteroatoms. The third-order valence-electron chi connectivity index (χ3n) is 2.70. The first-order valence-corrected chi connectivity index (χ1v) is 7.73. The van der Waals surface area contributed by atoms with Crippen LogP contribution in [-0.4, -0.2) is 40.6 Å². The van der Waals surface area contributed by atoms with Crippen LogP contribution in [0.5, 0.6) is 0 Å². The van der Waals surface area contributed by atoms with Crippen molar-refractivity contribution < 1.29 is 8.42 Å². The zero-order valence-corrected chi connectivity index (χ0v) is 11.6. The normalized spacial score (nSPS) is 11.7. The molecule has 0 amide bonds. The second-order valence-electron chi connectivity index (χ2n) is 4.43. The lowest BCUT2D eigenvalue weighted by Crippen LogP contribution is -2.13. The molecule has 2 rings (SSSR count). The number of benzene rings is 1. The van der Waals surface area contributed by atoms with Gasteiger partial charge in [0.2, 0.25) is 0 Å². The molecule has 0 radical (unpaired) electrons. The monoisotopic (exact) mass is 281 g/mol. The Labute approximate surface area is 111 Å². The van der Waals surface area contributed by atoms with E-state index in [1.54, 1.807) is 6.07 Å². The Bertz CT molecular complexity index is 693. The van der Waals surface area contributed by atoms with Gasteiger partial charge in [0.1, 0.15) is 9.84 Å². The van der Waals surface area contributed by atoms with Gasteiger partial charge in [-0.3, -0.25) is 0 Å². The van der Waals surface area contributed by atoms with Crippen molar-refractivity contribution in [3.05, 3.63) is 23.8 Å². The quantitative estimate of drug-likeness (QED) is 0.807. The van der Waals surface area contributed by atoms with E-state index >= 15 is 0 Å². The fraction of sp³-hybridized carbons (Fsp3) is 0.364. The number of rotatable bonds is 4. The summed E-state index contributed by atoms with van der Waals surface area (Å²) in [7, 11) is -3.05. The first kappa shape index (κ1) is 13.5. The Kier molecular flexibility index (Phi) is 3.52. The largest absolute Gasteiger partial charge is 0.399 e. The van der Waals surface area contributed by atoms with Gasteiger partial charge in [-0.05, 0) is 41.1 Å². The van der Waals surface area contributed by atoms with Crippen molar-refractivity contribution in [3.8, 4) is 11.4 Å². The van der Waals surface area contributed by atoms with Crippen molar-refractivity contribution >= 4 is 15.5 Å². The number of nitrogen functional groups attached to an aromatic ring is 1. The lowest BCUT2D eigenvalue weighted by atomic mass is 10.1. The Morgan fingerprint density at radius 3 is 2.74 bits per heavy atom. The number of hydrogen-bond donors (Lipinski definition) is 1. The molecule has 0 saturated heterocycles. The number of tetrazole rings is 1. The summed E-state index contributed by atoms with van der Waals surface area (Å²) in [6.07, 6.45) is 1.19. The van der Waals surface area contributed by atoms with E-state index in [9.17, 15) is 8.42 Å². The Morgan fingerprint density at radius 1 is 1.37 bits per heavy atom. The van der Waals surface area contributed by atoms with Crippen molar-refractivity contribution in [3.63, 3.8) is 0 Å². The molecule has 1 aromatic carbocycles. The van der Waals surface area contributed by atoms with E-state index in [4.69, 9.17) is 5.73 Å². The van der Waals surface area contributed by atoms with Crippen LogP contribution in [0.25, 0.3) is 11.4 Å². The summed E-state index contributed by atoms with van der Waals surface area (Å²) in [5.41, 5.74) is 8.14. The lowest BCUT2D eigenvalue weighted by molar-refractivity contribution is 0.581. The molecule has 2 N–H and O–H groups in total. The van der Waals surface area contributed by atoms with Gasteiger partial charge < -0.3 is 5.73 Å². The van der Waals surface area contributed by atoms with Crippen LogP contribution < -0.4 is 5.73 Å². The Hall–Kier alpha value is -1.96. The molecule has 2 aromatic rings. The van der Waals surface area contributed by atoms with Crippen LogP contribution in [0.1, 0.15) is 5.56 Å². The van der Waals surface area contributed by atoms with Crippen molar-refractivity contribution in [2.75, 3.05) is 17.7 Å². The average molecular weight is 281 g/mol. The fourth-order valence-electron chi connectivity index (χ4n) is 1.74. The minimum Gasteiger partial charge on any atom is -0.399 e. The molecular formula is C11H15N5O2S. The highest BCUT2D eigenvalue weighted by Gasteiger charge is 2.13. The molecule has 0 fully saturated rings. The Balaban J connectivity index is 2.33. The van der Waals surface area contributed by atoms with E-state index < -0.39 is 9.84 Å². The van der Waals surface area contributed by atoms with Gasteiger partial charge >= 0.3 is 0 Å². The van der Waals surface area contributed by atoms with E-state index in [2.05, 4.69) is 15.5 Å². The summed E-state index contributed by atoms with van der Waals surface area (Å²) in [5, 5.41) is 11.4. The number of hydrogen-bond acceptors (Lipinski definition) is 6. The number of aromatic nitrogens is 4. The SMILES string of the molecule is Cc1cc(N)ccc1-c1nnnn1CCS(C)(=O)=O. The molecule has 0 bridgehead atoms. The lowest BCUT2D eigenvalue weighted by Gasteiger charge is -2.07. The summed E-state index contributed by atoms with van der Waals surface area (Å²) in [5.74, 6) is 0.542. The van der Waals surface area contributed by atoms with Crippen molar-refractivity contribution in [2.24, 2.45) is 0 Å². The molecule has 0 unspecified atom stereocenters. The molecule has 1 aromatic heterocycles. The first-order chi connectivity index (χ1) is 8.87. The second-order valence-corrected chi connectivity index (χ2v) is 6.69. The number of nitrogens with two attached hydrogens (primary N) is 1. The number of sulfone groups is 1. The van der Waals surface area contributed by atoms with Gasteiger partial charge in [-0.2, -0.15) is 0 Å². The van der Waals surface area contributed by atoms with Crippen LogP contribution in [0.4, 0.5) is 5.69 Å². The smallest absolute Gasteiger partial charge is 0.182 e. The molecule has 0 atom stereocenters. The molecule has 1 heterocycles. The summed E-state index contributed by atoms with van der Waals surface area (Å²) in [6.45, 7) is 2.13. The summed E-state index contributed by atoms with van der Waals surface area (Å²) < 4.78 is 23.9.